The van der Waals surface area contributed by atoms with E-state index >= 15 is 0 Å². The fourth-order valence-corrected chi connectivity index (χ4v) is 8.31. The number of carbonyl (C=O) groups is 1. The van der Waals surface area contributed by atoms with E-state index in [-0.39, 0.29) is 23.0 Å². The van der Waals surface area contributed by atoms with Crippen LogP contribution in [0.3, 0.4) is 0 Å². The van der Waals surface area contributed by atoms with Gasteiger partial charge >= 0.3 is 5.97 Å². The first-order chi connectivity index (χ1) is 14.2. The highest BCUT2D eigenvalue weighted by Crippen LogP contribution is 2.55. The van der Waals surface area contributed by atoms with Gasteiger partial charge in [-0.3, -0.25) is 4.79 Å². The van der Waals surface area contributed by atoms with Gasteiger partial charge in [0.05, 0.1) is 12.8 Å². The molecule has 0 atom stereocenters. The van der Waals surface area contributed by atoms with Crippen LogP contribution >= 0.6 is 7.26 Å². The molecule has 0 saturated heterocycles. The van der Waals surface area contributed by atoms with Gasteiger partial charge in [0, 0.05) is 6.92 Å². The molecule has 3 aromatic rings. The van der Waals surface area contributed by atoms with Gasteiger partial charge in [-0.1, -0.05) is 54.6 Å². The summed E-state index contributed by atoms with van der Waals surface area (Å²) in [4.78, 5) is 10.9. The topological polar surface area (TPSA) is 26.3 Å². The van der Waals surface area contributed by atoms with Crippen LogP contribution in [0.25, 0.3) is 0 Å². The Morgan fingerprint density at radius 1 is 0.667 bits per heavy atom. The number of rotatable bonds is 10. The molecule has 0 N–H and O–H groups in total. The largest absolute Gasteiger partial charge is 1.00 e. The van der Waals surface area contributed by atoms with Crippen molar-refractivity contribution in [2.24, 2.45) is 0 Å². The lowest BCUT2D eigenvalue weighted by atomic mass is 10.2. The van der Waals surface area contributed by atoms with Crippen LogP contribution in [0.4, 0.5) is 0 Å². The van der Waals surface area contributed by atoms with Crippen LogP contribution in [0.1, 0.15) is 32.6 Å². The molecule has 2 nitrogen and oxygen atoms in total. The highest BCUT2D eigenvalue weighted by Gasteiger charge is 2.44. The molecule has 3 aromatic carbocycles. The second-order valence-corrected chi connectivity index (χ2v) is 10.9. The van der Waals surface area contributed by atoms with Gasteiger partial charge < -0.3 is 21.7 Å². The third-order valence-corrected chi connectivity index (χ3v) is 9.81. The third kappa shape index (κ3) is 6.27. The lowest BCUT2D eigenvalue weighted by molar-refractivity contribution is -0.141. The SMILES string of the molecule is CC(=O)OCCCCCC[P+](c1ccccc1)(c1ccccc1)c1ccccc1.[Br-]. The highest BCUT2D eigenvalue weighted by atomic mass is 79.9. The van der Waals surface area contributed by atoms with Gasteiger partial charge in [-0.05, 0) is 62.1 Å². The van der Waals surface area contributed by atoms with Crippen LogP contribution in [-0.2, 0) is 9.53 Å². The highest BCUT2D eigenvalue weighted by molar-refractivity contribution is 7.95. The van der Waals surface area contributed by atoms with Gasteiger partial charge in [0.15, 0.2) is 0 Å². The molecule has 30 heavy (non-hydrogen) atoms. The number of halogens is 1. The Hall–Kier alpha value is -1.96. The number of hydrogen-bond donors (Lipinski definition) is 0. The summed E-state index contributed by atoms with van der Waals surface area (Å²) in [5.74, 6) is -0.188. The van der Waals surface area contributed by atoms with Crippen LogP contribution in [-0.4, -0.2) is 18.7 Å². The molecule has 0 fully saturated rings. The van der Waals surface area contributed by atoms with Gasteiger partial charge in [-0.2, -0.15) is 0 Å². The van der Waals surface area contributed by atoms with Crippen molar-refractivity contribution in [3.8, 4) is 0 Å². The zero-order valence-corrected chi connectivity index (χ0v) is 20.0. The van der Waals surface area contributed by atoms with E-state index in [2.05, 4.69) is 91.0 Å². The van der Waals surface area contributed by atoms with Crippen molar-refractivity contribution in [2.45, 2.75) is 32.6 Å². The zero-order valence-electron chi connectivity index (χ0n) is 17.5. The molecule has 0 unspecified atom stereocenters. The van der Waals surface area contributed by atoms with Gasteiger partial charge in [0.1, 0.15) is 23.2 Å². The Bertz CT molecular complexity index is 773. The first kappa shape index (κ1) is 24.3. The number of unbranched alkanes of at least 4 members (excludes halogenated alkanes) is 3. The molecule has 4 heteroatoms. The number of ether oxygens (including phenoxy) is 1. The summed E-state index contributed by atoms with van der Waals surface area (Å²) in [6, 6.07) is 33.1. The van der Waals surface area contributed by atoms with Crippen molar-refractivity contribution in [3.05, 3.63) is 91.0 Å². The number of carbonyl (C=O) groups excluding carboxylic acids is 1. The second kappa shape index (κ2) is 12.7. The Kier molecular flexibility index (Phi) is 10.3. The monoisotopic (exact) mass is 484 g/mol. The normalized spacial score (nSPS) is 10.8. The first-order valence-electron chi connectivity index (χ1n) is 10.4. The zero-order chi connectivity index (χ0) is 20.4. The van der Waals surface area contributed by atoms with Crippen molar-refractivity contribution >= 4 is 29.1 Å². The Morgan fingerprint density at radius 3 is 1.47 bits per heavy atom. The van der Waals surface area contributed by atoms with Crippen molar-refractivity contribution in [3.63, 3.8) is 0 Å². The lowest BCUT2D eigenvalue weighted by Crippen LogP contribution is -3.00. The second-order valence-electron chi connectivity index (χ2n) is 7.29. The number of hydrogen-bond acceptors (Lipinski definition) is 2. The maximum absolute atomic E-state index is 10.9. The number of esters is 1. The fraction of sp³-hybridized carbons (Fsp3) is 0.269. The molecule has 3 rings (SSSR count). The molecule has 0 amide bonds. The maximum atomic E-state index is 10.9. The van der Waals surface area contributed by atoms with Crippen molar-refractivity contribution in [1.29, 1.82) is 0 Å². The third-order valence-electron chi connectivity index (χ3n) is 5.28. The predicted molar refractivity (Wildman–Crippen MR) is 125 cm³/mol. The maximum Gasteiger partial charge on any atom is 0.302 e. The first-order valence-corrected chi connectivity index (χ1v) is 12.4. The smallest absolute Gasteiger partial charge is 0.302 e. The molecule has 0 saturated carbocycles. The van der Waals surface area contributed by atoms with Crippen LogP contribution in [0, 0.1) is 0 Å². The van der Waals surface area contributed by atoms with E-state index in [0.717, 1.165) is 31.8 Å². The minimum Gasteiger partial charge on any atom is -1.00 e. The standard InChI is InChI=1S/C26H30O2P.BrH/c1-23(27)28-21-13-2-3-14-22-29(24-15-7-4-8-16-24,25-17-9-5-10-18-25)26-19-11-6-12-20-26;/h4-12,15-20H,2-3,13-14,21-22H2,1H3;1H/q+1;/p-1. The molecule has 0 aliphatic rings. The van der Waals surface area contributed by atoms with Crippen molar-refractivity contribution in [2.75, 3.05) is 12.8 Å². The summed E-state index contributed by atoms with van der Waals surface area (Å²) in [6.45, 7) is 2.00. The van der Waals surface area contributed by atoms with Crippen LogP contribution in [0.2, 0.25) is 0 Å². The van der Waals surface area contributed by atoms with Gasteiger partial charge in [0.2, 0.25) is 0 Å². The van der Waals surface area contributed by atoms with Crippen molar-refractivity contribution < 1.29 is 26.5 Å². The van der Waals surface area contributed by atoms with E-state index in [9.17, 15) is 4.79 Å². The summed E-state index contributed by atoms with van der Waals surface area (Å²) in [5, 5.41) is 4.33. The van der Waals surface area contributed by atoms with Crippen LogP contribution < -0.4 is 32.9 Å². The summed E-state index contributed by atoms with van der Waals surface area (Å²) in [5.41, 5.74) is 0. The van der Waals surface area contributed by atoms with Gasteiger partial charge in [-0.25, -0.2) is 0 Å². The Balaban J connectivity index is 0.00000320. The van der Waals surface area contributed by atoms with Gasteiger partial charge in [-0.15, -0.1) is 0 Å². The van der Waals surface area contributed by atoms with E-state index in [0.29, 0.717) is 6.61 Å². The summed E-state index contributed by atoms with van der Waals surface area (Å²) >= 11 is 0. The lowest BCUT2D eigenvalue weighted by Gasteiger charge is -2.27. The molecule has 0 heterocycles. The molecule has 0 aromatic heterocycles. The minimum absolute atomic E-state index is 0. The summed E-state index contributed by atoms with van der Waals surface area (Å²) < 4.78 is 5.07. The Morgan fingerprint density at radius 2 is 1.07 bits per heavy atom. The fourth-order valence-electron chi connectivity index (χ4n) is 3.90. The Labute approximate surface area is 191 Å². The molecular weight excluding hydrogens is 455 g/mol. The van der Waals surface area contributed by atoms with E-state index < -0.39 is 7.26 Å². The van der Waals surface area contributed by atoms with E-state index in [1.165, 1.54) is 22.8 Å². The summed E-state index contributed by atoms with van der Waals surface area (Å²) in [7, 11) is -1.71. The van der Waals surface area contributed by atoms with Crippen LogP contribution in [0.15, 0.2) is 91.0 Å². The molecule has 0 aliphatic carbocycles. The van der Waals surface area contributed by atoms with Crippen LogP contribution in [0.5, 0.6) is 0 Å². The minimum atomic E-state index is -1.71. The average molecular weight is 485 g/mol. The molecular formula is C26H30BrO2P. The molecule has 0 bridgehead atoms. The average Bonchev–Trinajstić information content (AvgIpc) is 2.77. The van der Waals surface area contributed by atoms with Gasteiger partial charge in [0.25, 0.3) is 0 Å². The summed E-state index contributed by atoms with van der Waals surface area (Å²) in [6.07, 6.45) is 5.49. The van der Waals surface area contributed by atoms with E-state index in [4.69, 9.17) is 4.74 Å². The molecule has 158 valence electrons. The van der Waals surface area contributed by atoms with Crippen molar-refractivity contribution in [1.82, 2.24) is 0 Å². The quantitative estimate of drug-likeness (QED) is 0.250. The van der Waals surface area contributed by atoms with E-state index in [1.807, 2.05) is 0 Å². The molecule has 0 radical (unpaired) electrons. The molecule has 0 spiro atoms. The molecule has 0 aliphatic heterocycles. The number of benzene rings is 3. The predicted octanol–water partition coefficient (Wildman–Crippen LogP) is 2.11. The van der Waals surface area contributed by atoms with E-state index in [1.54, 1.807) is 0 Å².